The lowest BCUT2D eigenvalue weighted by atomic mass is 9.86. The second-order valence-corrected chi connectivity index (χ2v) is 22.2. The van der Waals surface area contributed by atoms with E-state index in [4.69, 9.17) is 0 Å². The summed E-state index contributed by atoms with van der Waals surface area (Å²) in [6.07, 6.45) is 6.26. The van der Waals surface area contributed by atoms with E-state index in [2.05, 4.69) is 36.8 Å². The fraction of sp³-hybridized carbons (Fsp3) is 0.536. The van der Waals surface area contributed by atoms with Crippen molar-refractivity contribution in [3.05, 3.63) is 106 Å². The number of hydrogen-bond acceptors (Lipinski definition) is 8. The van der Waals surface area contributed by atoms with Crippen molar-refractivity contribution in [2.45, 2.75) is 160 Å². The number of nitrogens with one attached hydrogen (secondary N) is 6. The second kappa shape index (κ2) is 22.2. The molecule has 4 aromatic rings. The Labute approximate surface area is 443 Å². The Balaban J connectivity index is 0.895. The molecule has 5 fully saturated rings. The number of alkyl halides is 3. The number of halogens is 5. The van der Waals surface area contributed by atoms with E-state index < -0.39 is 77.3 Å². The molecule has 412 valence electrons. The van der Waals surface area contributed by atoms with Gasteiger partial charge in [0.25, 0.3) is 17.7 Å². The standard InChI is InChI=1S/C56H67F5N10O6/c1-27(2)70-44(19-21-62-70)52(74)69-49(55(77)67-43-17-13-35(25-40(43)57)29(4)50(72)64-31(6)56(59,60)61)47(34-11-12-34)39-24-37(39)23-28(3)71-45(20-22-63-71)53(75)68-48(46(32-7-8-32)33-9-10-33)54(76)66-42-18-14-36(26-41(42)58)30(5)51(73)65-38-15-16-38/h13-14,17-22,25-32,34,37-39,47-49H,7-12,15-16,23-24H2,1-6H3,(H,64,72)(H,65,73)(H,66,76)(H,67,77)(H,68,75)(H,69,74)/t28?,29-,30-,31-,37?,39?,47?,48-,49-/m0/s1. The summed E-state index contributed by atoms with van der Waals surface area (Å²) in [7, 11) is 0. The summed E-state index contributed by atoms with van der Waals surface area (Å²) in [5.41, 5.74) is 2.60. The van der Waals surface area contributed by atoms with E-state index >= 15 is 8.78 Å². The number of carbonyl (C=O) groups excluding carboxylic acids is 6. The zero-order valence-electron chi connectivity index (χ0n) is 44.0. The normalized spacial score (nSPS) is 20.6. The van der Waals surface area contributed by atoms with E-state index in [0.29, 0.717) is 18.4 Å². The van der Waals surface area contributed by atoms with Crippen LogP contribution < -0.4 is 31.9 Å². The number of rotatable bonds is 23. The Morgan fingerprint density at radius 3 is 1.75 bits per heavy atom. The summed E-state index contributed by atoms with van der Waals surface area (Å²) >= 11 is 0. The van der Waals surface area contributed by atoms with Crippen LogP contribution in [0.2, 0.25) is 0 Å². The predicted octanol–water partition coefficient (Wildman–Crippen LogP) is 8.78. The van der Waals surface area contributed by atoms with Gasteiger partial charge in [-0.05, 0) is 188 Å². The van der Waals surface area contributed by atoms with Crippen molar-refractivity contribution in [3.8, 4) is 0 Å². The van der Waals surface area contributed by atoms with Gasteiger partial charge in [0, 0.05) is 24.5 Å². The molecule has 0 spiro atoms. The van der Waals surface area contributed by atoms with Crippen LogP contribution in [0, 0.1) is 41.2 Å². The van der Waals surface area contributed by atoms with Crippen molar-refractivity contribution >= 4 is 46.8 Å². The quantitative estimate of drug-likeness (QED) is 0.0312. The van der Waals surface area contributed by atoms with Crippen molar-refractivity contribution in [1.82, 2.24) is 40.8 Å². The number of carbonyl (C=O) groups is 6. The molecule has 16 nitrogen and oxygen atoms in total. The number of amides is 6. The zero-order chi connectivity index (χ0) is 55.2. The molecule has 9 rings (SSSR count). The molecule has 5 aliphatic rings. The van der Waals surface area contributed by atoms with Gasteiger partial charge in [0.15, 0.2) is 0 Å². The van der Waals surface area contributed by atoms with Gasteiger partial charge in [-0.2, -0.15) is 23.4 Å². The minimum atomic E-state index is -4.67. The molecule has 6 amide bonds. The molecule has 2 aromatic carbocycles. The molecule has 0 bridgehead atoms. The van der Waals surface area contributed by atoms with Crippen LogP contribution >= 0.6 is 0 Å². The highest BCUT2D eigenvalue weighted by molar-refractivity contribution is 6.03. The van der Waals surface area contributed by atoms with Crippen molar-refractivity contribution in [2.75, 3.05) is 10.6 Å². The molecule has 5 aliphatic carbocycles. The van der Waals surface area contributed by atoms with Crippen LogP contribution in [-0.4, -0.2) is 85.3 Å². The van der Waals surface area contributed by atoms with Crippen molar-refractivity contribution in [3.63, 3.8) is 0 Å². The summed E-state index contributed by atoms with van der Waals surface area (Å²) in [4.78, 5) is 82.7. The first-order valence-electron chi connectivity index (χ1n) is 26.9. The second-order valence-electron chi connectivity index (χ2n) is 22.2. The van der Waals surface area contributed by atoms with Gasteiger partial charge in [0.1, 0.15) is 41.1 Å². The lowest BCUT2D eigenvalue weighted by molar-refractivity contribution is -0.158. The molecular formula is C56H67F5N10O6. The molecule has 0 aliphatic heterocycles. The van der Waals surface area contributed by atoms with Gasteiger partial charge in [-0.15, -0.1) is 0 Å². The third-order valence-corrected chi connectivity index (χ3v) is 15.8. The van der Waals surface area contributed by atoms with Gasteiger partial charge in [0.05, 0.1) is 29.3 Å². The first kappa shape index (κ1) is 54.8. The molecule has 4 unspecified atom stereocenters. The number of benzene rings is 2. The van der Waals surface area contributed by atoms with Gasteiger partial charge < -0.3 is 31.9 Å². The van der Waals surface area contributed by atoms with Crippen LogP contribution in [0.3, 0.4) is 0 Å². The summed E-state index contributed by atoms with van der Waals surface area (Å²) in [5, 5.41) is 25.0. The molecule has 2 heterocycles. The first-order chi connectivity index (χ1) is 36.6. The fourth-order valence-electron chi connectivity index (χ4n) is 10.7. The third-order valence-electron chi connectivity index (χ3n) is 15.8. The molecule has 0 saturated heterocycles. The van der Waals surface area contributed by atoms with Gasteiger partial charge in [0.2, 0.25) is 17.7 Å². The summed E-state index contributed by atoms with van der Waals surface area (Å²) in [6, 6.07) is 6.25. The fourth-order valence-corrected chi connectivity index (χ4v) is 10.7. The maximum absolute atomic E-state index is 15.9. The largest absolute Gasteiger partial charge is 0.408 e. The van der Waals surface area contributed by atoms with E-state index in [1.54, 1.807) is 29.8 Å². The molecular weight excluding hydrogens is 1000 g/mol. The van der Waals surface area contributed by atoms with E-state index in [0.717, 1.165) is 75.5 Å². The minimum absolute atomic E-state index is 0.0178. The first-order valence-corrected chi connectivity index (χ1v) is 26.9. The predicted molar refractivity (Wildman–Crippen MR) is 275 cm³/mol. The van der Waals surface area contributed by atoms with Gasteiger partial charge in [-0.1, -0.05) is 17.7 Å². The monoisotopic (exact) mass is 1070 g/mol. The SMILES string of the molecule is CC(C)n1nccc1C(=O)N[C@H](C(=O)Nc1ccc([C@H](C)C(=O)N[C@@H](C)C(F)(F)F)cc1F)C(C1CC1)C1CC1CC(C)n1nccc1C(=O)N[C@H](C(=O)Nc1ccc([C@H](C)C(=O)NC2CC2)cc1F)C(=C1CC1)C1CC1. The molecule has 77 heavy (non-hydrogen) atoms. The van der Waals surface area contributed by atoms with E-state index in [9.17, 15) is 41.9 Å². The number of nitrogens with zero attached hydrogens (tertiary/aromatic N) is 4. The summed E-state index contributed by atoms with van der Waals surface area (Å²) in [6.45, 7) is 9.49. The van der Waals surface area contributed by atoms with Crippen LogP contribution in [0.15, 0.2) is 72.1 Å². The van der Waals surface area contributed by atoms with Crippen molar-refractivity contribution in [1.29, 1.82) is 0 Å². The Bertz CT molecular complexity index is 2950. The van der Waals surface area contributed by atoms with Crippen LogP contribution in [0.1, 0.15) is 162 Å². The molecule has 9 atom stereocenters. The van der Waals surface area contributed by atoms with Crippen LogP contribution in [0.4, 0.5) is 33.3 Å². The van der Waals surface area contributed by atoms with Crippen LogP contribution in [-0.2, 0) is 19.2 Å². The van der Waals surface area contributed by atoms with E-state index in [-0.39, 0.29) is 81.9 Å². The van der Waals surface area contributed by atoms with Crippen LogP contribution in [0.5, 0.6) is 0 Å². The number of aromatic nitrogens is 4. The molecule has 21 heteroatoms. The zero-order valence-corrected chi connectivity index (χ0v) is 44.0. The maximum Gasteiger partial charge on any atom is 0.408 e. The summed E-state index contributed by atoms with van der Waals surface area (Å²) in [5.74, 6) is -7.21. The Morgan fingerprint density at radius 1 is 0.662 bits per heavy atom. The summed E-state index contributed by atoms with van der Waals surface area (Å²) < 4.78 is 74.2. The van der Waals surface area contributed by atoms with E-state index in [1.807, 2.05) is 26.1 Å². The van der Waals surface area contributed by atoms with E-state index in [1.165, 1.54) is 48.3 Å². The number of anilines is 2. The smallest absolute Gasteiger partial charge is 0.353 e. The molecule has 5 saturated carbocycles. The Hall–Kier alpha value is -6.93. The van der Waals surface area contributed by atoms with Crippen molar-refractivity contribution < 1.29 is 50.7 Å². The number of hydrogen-bond donors (Lipinski definition) is 6. The highest BCUT2D eigenvalue weighted by Gasteiger charge is 2.54. The number of allylic oxidation sites excluding steroid dienone is 1. The highest BCUT2D eigenvalue weighted by Crippen LogP contribution is 2.57. The lowest BCUT2D eigenvalue weighted by Crippen LogP contribution is -2.50. The average Bonchev–Trinajstić information content (AvgIpc) is 4.09. The van der Waals surface area contributed by atoms with Crippen molar-refractivity contribution in [2.24, 2.45) is 29.6 Å². The Morgan fingerprint density at radius 2 is 1.22 bits per heavy atom. The Kier molecular flexibility index (Phi) is 15.8. The highest BCUT2D eigenvalue weighted by atomic mass is 19.4. The molecule has 0 radical (unpaired) electrons. The molecule has 2 aromatic heterocycles. The minimum Gasteiger partial charge on any atom is -0.353 e. The molecule has 6 N–H and O–H groups in total. The third kappa shape index (κ3) is 12.9. The van der Waals surface area contributed by atoms with Gasteiger partial charge in [-0.25, -0.2) is 8.78 Å². The average molecular weight is 1070 g/mol. The maximum atomic E-state index is 15.9. The van der Waals surface area contributed by atoms with Gasteiger partial charge in [-0.3, -0.25) is 38.1 Å². The topological polar surface area (TPSA) is 210 Å². The van der Waals surface area contributed by atoms with Gasteiger partial charge >= 0.3 is 6.18 Å². The lowest BCUT2D eigenvalue weighted by Gasteiger charge is -2.29. The van der Waals surface area contributed by atoms with Crippen LogP contribution in [0.25, 0.3) is 0 Å².